The monoisotopic (exact) mass is 393 g/mol. The van der Waals surface area contributed by atoms with E-state index in [-0.39, 0.29) is 11.9 Å². The Morgan fingerprint density at radius 1 is 1.04 bits per heavy atom. The summed E-state index contributed by atoms with van der Waals surface area (Å²) in [7, 11) is 4.56. The molecule has 0 aliphatic heterocycles. The van der Waals surface area contributed by atoms with E-state index in [1.165, 1.54) is 21.3 Å². The van der Waals surface area contributed by atoms with Crippen molar-refractivity contribution in [1.82, 2.24) is 5.32 Å². The summed E-state index contributed by atoms with van der Waals surface area (Å²) in [5.41, 5.74) is 1.44. The SMILES string of the molecule is COc1cc(C(=O)NC(C)c2cccc(Br)c2)cc(OC)c1OC. The van der Waals surface area contributed by atoms with Gasteiger partial charge in [0.1, 0.15) is 0 Å². The molecule has 0 aliphatic carbocycles. The summed E-state index contributed by atoms with van der Waals surface area (Å²) >= 11 is 3.44. The second kappa shape index (κ2) is 8.06. The molecule has 0 spiro atoms. The lowest BCUT2D eigenvalue weighted by Gasteiger charge is -2.17. The van der Waals surface area contributed by atoms with Gasteiger partial charge in [-0.25, -0.2) is 0 Å². The van der Waals surface area contributed by atoms with Crippen LogP contribution in [0.5, 0.6) is 17.2 Å². The molecule has 128 valence electrons. The van der Waals surface area contributed by atoms with Crippen molar-refractivity contribution in [1.29, 1.82) is 0 Å². The van der Waals surface area contributed by atoms with E-state index in [1.54, 1.807) is 12.1 Å². The summed E-state index contributed by atoms with van der Waals surface area (Å²) in [5, 5.41) is 2.97. The molecular weight excluding hydrogens is 374 g/mol. The first-order chi connectivity index (χ1) is 11.5. The molecule has 0 aromatic heterocycles. The molecule has 0 bridgehead atoms. The van der Waals surface area contributed by atoms with Crippen LogP contribution in [0.25, 0.3) is 0 Å². The molecule has 1 unspecified atom stereocenters. The zero-order chi connectivity index (χ0) is 17.7. The molecule has 1 atom stereocenters. The number of amides is 1. The minimum absolute atomic E-state index is 0.144. The summed E-state index contributed by atoms with van der Waals surface area (Å²) < 4.78 is 16.8. The molecule has 6 heteroatoms. The van der Waals surface area contributed by atoms with E-state index in [2.05, 4.69) is 21.2 Å². The van der Waals surface area contributed by atoms with Gasteiger partial charge in [0.05, 0.1) is 27.4 Å². The van der Waals surface area contributed by atoms with Crippen LogP contribution in [0, 0.1) is 0 Å². The highest BCUT2D eigenvalue weighted by molar-refractivity contribution is 9.10. The Labute approximate surface area is 150 Å². The molecule has 0 fully saturated rings. The van der Waals surface area contributed by atoms with Crippen molar-refractivity contribution >= 4 is 21.8 Å². The molecule has 24 heavy (non-hydrogen) atoms. The van der Waals surface area contributed by atoms with Gasteiger partial charge in [-0.1, -0.05) is 28.1 Å². The minimum Gasteiger partial charge on any atom is -0.493 e. The van der Waals surface area contributed by atoms with E-state index in [0.29, 0.717) is 22.8 Å². The lowest BCUT2D eigenvalue weighted by atomic mass is 10.1. The molecule has 1 N–H and O–H groups in total. The summed E-state index contributed by atoms with van der Waals surface area (Å²) in [6.07, 6.45) is 0. The average Bonchev–Trinajstić information content (AvgIpc) is 2.60. The van der Waals surface area contributed by atoms with Gasteiger partial charge in [-0.15, -0.1) is 0 Å². The minimum atomic E-state index is -0.221. The maximum atomic E-state index is 12.6. The predicted octanol–water partition coefficient (Wildman–Crippen LogP) is 3.97. The van der Waals surface area contributed by atoms with E-state index in [1.807, 2.05) is 31.2 Å². The van der Waals surface area contributed by atoms with Gasteiger partial charge in [-0.3, -0.25) is 4.79 Å². The largest absolute Gasteiger partial charge is 0.493 e. The first-order valence-electron chi connectivity index (χ1n) is 7.36. The third-order valence-electron chi connectivity index (χ3n) is 3.62. The zero-order valence-electron chi connectivity index (χ0n) is 14.1. The fourth-order valence-corrected chi connectivity index (χ4v) is 2.77. The third kappa shape index (κ3) is 4.00. The molecule has 2 rings (SSSR count). The molecule has 0 heterocycles. The molecule has 0 saturated carbocycles. The Morgan fingerprint density at radius 3 is 2.17 bits per heavy atom. The van der Waals surface area contributed by atoms with E-state index in [4.69, 9.17) is 14.2 Å². The van der Waals surface area contributed by atoms with Gasteiger partial charge in [0.2, 0.25) is 5.75 Å². The van der Waals surface area contributed by atoms with Crippen molar-refractivity contribution in [3.8, 4) is 17.2 Å². The number of halogens is 1. The molecule has 1 amide bonds. The average molecular weight is 394 g/mol. The lowest BCUT2D eigenvalue weighted by molar-refractivity contribution is 0.0939. The second-order valence-electron chi connectivity index (χ2n) is 5.16. The van der Waals surface area contributed by atoms with Crippen LogP contribution in [0.4, 0.5) is 0 Å². The molecule has 5 nitrogen and oxygen atoms in total. The Bertz CT molecular complexity index is 708. The Morgan fingerprint density at radius 2 is 1.67 bits per heavy atom. The predicted molar refractivity (Wildman–Crippen MR) is 96.1 cm³/mol. The quantitative estimate of drug-likeness (QED) is 0.806. The fraction of sp³-hybridized carbons (Fsp3) is 0.278. The van der Waals surface area contributed by atoms with Crippen LogP contribution in [0.3, 0.4) is 0 Å². The highest BCUT2D eigenvalue weighted by Crippen LogP contribution is 2.38. The molecule has 2 aromatic rings. The normalized spacial score (nSPS) is 11.5. The second-order valence-corrected chi connectivity index (χ2v) is 6.08. The van der Waals surface area contributed by atoms with Crippen molar-refractivity contribution in [2.45, 2.75) is 13.0 Å². The smallest absolute Gasteiger partial charge is 0.252 e. The summed E-state index contributed by atoms with van der Waals surface area (Å²) in [4.78, 5) is 12.6. The van der Waals surface area contributed by atoms with Gasteiger partial charge in [0.15, 0.2) is 11.5 Å². The highest BCUT2D eigenvalue weighted by atomic mass is 79.9. The number of carbonyl (C=O) groups excluding carboxylic acids is 1. The maximum absolute atomic E-state index is 12.6. The molecule has 0 aliphatic rings. The molecule has 0 radical (unpaired) electrons. The Hall–Kier alpha value is -2.21. The first kappa shape index (κ1) is 18.1. The number of nitrogens with one attached hydrogen (secondary N) is 1. The van der Waals surface area contributed by atoms with Crippen LogP contribution < -0.4 is 19.5 Å². The van der Waals surface area contributed by atoms with Crippen molar-refractivity contribution in [3.63, 3.8) is 0 Å². The van der Waals surface area contributed by atoms with Gasteiger partial charge in [0, 0.05) is 10.0 Å². The van der Waals surface area contributed by atoms with Crippen LogP contribution in [0.15, 0.2) is 40.9 Å². The number of carbonyl (C=O) groups is 1. The van der Waals surface area contributed by atoms with Crippen molar-refractivity contribution < 1.29 is 19.0 Å². The van der Waals surface area contributed by atoms with Gasteiger partial charge in [-0.05, 0) is 36.8 Å². The lowest BCUT2D eigenvalue weighted by Crippen LogP contribution is -2.26. The van der Waals surface area contributed by atoms with Crippen molar-refractivity contribution in [3.05, 3.63) is 52.0 Å². The number of rotatable bonds is 6. The maximum Gasteiger partial charge on any atom is 0.252 e. The number of hydrogen-bond donors (Lipinski definition) is 1. The van der Waals surface area contributed by atoms with E-state index >= 15 is 0 Å². The van der Waals surface area contributed by atoms with Gasteiger partial charge in [-0.2, -0.15) is 0 Å². The summed E-state index contributed by atoms with van der Waals surface area (Å²) in [5.74, 6) is 1.12. The Balaban J connectivity index is 2.26. The van der Waals surface area contributed by atoms with Crippen molar-refractivity contribution in [2.75, 3.05) is 21.3 Å². The van der Waals surface area contributed by atoms with Gasteiger partial charge < -0.3 is 19.5 Å². The van der Waals surface area contributed by atoms with E-state index < -0.39 is 0 Å². The van der Waals surface area contributed by atoms with E-state index in [9.17, 15) is 4.79 Å². The first-order valence-corrected chi connectivity index (χ1v) is 8.15. The van der Waals surface area contributed by atoms with Crippen LogP contribution in [0.1, 0.15) is 28.9 Å². The number of benzene rings is 2. The highest BCUT2D eigenvalue weighted by Gasteiger charge is 2.18. The fourth-order valence-electron chi connectivity index (χ4n) is 2.35. The van der Waals surface area contributed by atoms with Crippen LogP contribution in [-0.4, -0.2) is 27.2 Å². The zero-order valence-corrected chi connectivity index (χ0v) is 15.6. The molecule has 2 aromatic carbocycles. The van der Waals surface area contributed by atoms with E-state index in [0.717, 1.165) is 10.0 Å². The molecule has 0 saturated heterocycles. The van der Waals surface area contributed by atoms with Crippen LogP contribution in [-0.2, 0) is 0 Å². The van der Waals surface area contributed by atoms with Crippen molar-refractivity contribution in [2.24, 2.45) is 0 Å². The van der Waals surface area contributed by atoms with Crippen LogP contribution >= 0.6 is 15.9 Å². The summed E-state index contributed by atoms with van der Waals surface area (Å²) in [6, 6.07) is 10.9. The summed E-state index contributed by atoms with van der Waals surface area (Å²) in [6.45, 7) is 1.93. The topological polar surface area (TPSA) is 56.8 Å². The Kier molecular flexibility index (Phi) is 6.09. The standard InChI is InChI=1S/C18H20BrNO4/c1-11(12-6-5-7-14(19)8-12)20-18(21)13-9-15(22-2)17(24-4)16(10-13)23-3/h5-11H,1-4H3,(H,20,21). The molecular formula is C18H20BrNO4. The number of hydrogen-bond acceptors (Lipinski definition) is 4. The van der Waals surface area contributed by atoms with Gasteiger partial charge in [0.25, 0.3) is 5.91 Å². The van der Waals surface area contributed by atoms with Crippen LogP contribution in [0.2, 0.25) is 0 Å². The third-order valence-corrected chi connectivity index (χ3v) is 4.12. The van der Waals surface area contributed by atoms with Gasteiger partial charge >= 0.3 is 0 Å². The number of ether oxygens (including phenoxy) is 3. The number of methoxy groups -OCH3 is 3.